The molecular weight excluding hydrogens is 424 g/mol. The Morgan fingerprint density at radius 3 is 2.43 bits per heavy atom. The maximum absolute atomic E-state index is 12.8. The Labute approximate surface area is 172 Å². The van der Waals surface area contributed by atoms with Gasteiger partial charge in [0.25, 0.3) is 0 Å². The minimum Gasteiger partial charge on any atom is -0.352 e. The van der Waals surface area contributed by atoms with E-state index in [2.05, 4.69) is 26.6 Å². The Balaban J connectivity index is 2.02. The van der Waals surface area contributed by atoms with Gasteiger partial charge in [0.15, 0.2) is 0 Å². The normalized spacial score (nSPS) is 11.4. The van der Waals surface area contributed by atoms with Gasteiger partial charge >= 0.3 is 6.03 Å². The van der Waals surface area contributed by atoms with E-state index in [1.807, 2.05) is 49.4 Å². The average Bonchev–Trinajstić information content (AvgIpc) is 2.63. The van der Waals surface area contributed by atoms with Crippen molar-refractivity contribution in [3.05, 3.63) is 64.1 Å². The number of halogens is 1. The molecule has 0 bridgehead atoms. The molecule has 0 saturated heterocycles. The topological polar surface area (TPSA) is 105 Å². The number of amides is 4. The number of aryl methyl sites for hydroxylation is 1. The zero-order valence-corrected chi connectivity index (χ0v) is 17.3. The number of benzene rings is 2. The summed E-state index contributed by atoms with van der Waals surface area (Å²) in [4.78, 5) is 37.7. The van der Waals surface area contributed by atoms with Crippen molar-refractivity contribution in [1.29, 1.82) is 0 Å². The van der Waals surface area contributed by atoms with Crippen molar-refractivity contribution in [2.75, 3.05) is 18.9 Å². The minimum atomic E-state index is -0.855. The van der Waals surface area contributed by atoms with E-state index in [9.17, 15) is 14.4 Å². The summed E-state index contributed by atoms with van der Waals surface area (Å²) < 4.78 is 0.913. The van der Waals surface area contributed by atoms with Gasteiger partial charge in [-0.1, -0.05) is 46.3 Å². The van der Waals surface area contributed by atoms with Gasteiger partial charge in [0, 0.05) is 23.6 Å². The van der Waals surface area contributed by atoms with E-state index in [-0.39, 0.29) is 18.9 Å². The van der Waals surface area contributed by atoms with Gasteiger partial charge in [-0.25, -0.2) is 4.79 Å². The monoisotopic (exact) mass is 446 g/mol. The van der Waals surface area contributed by atoms with Crippen LogP contribution in [-0.2, 0) is 16.0 Å². The number of nitrogens with two attached hydrogens (primary N) is 1. The van der Waals surface area contributed by atoms with Crippen LogP contribution < -0.4 is 16.4 Å². The maximum atomic E-state index is 12.8. The first-order chi connectivity index (χ1) is 13.3. The highest BCUT2D eigenvalue weighted by Gasteiger charge is 2.25. The summed E-state index contributed by atoms with van der Waals surface area (Å²) in [7, 11) is 1.51. The highest BCUT2D eigenvalue weighted by molar-refractivity contribution is 9.10. The van der Waals surface area contributed by atoms with E-state index in [1.54, 1.807) is 6.07 Å². The second kappa shape index (κ2) is 9.89. The molecule has 0 aliphatic carbocycles. The molecule has 0 aliphatic rings. The second-order valence-corrected chi connectivity index (χ2v) is 7.37. The van der Waals surface area contributed by atoms with Crippen molar-refractivity contribution in [1.82, 2.24) is 10.2 Å². The highest BCUT2D eigenvalue weighted by Crippen LogP contribution is 2.20. The van der Waals surface area contributed by atoms with Gasteiger partial charge in [0.05, 0.1) is 6.54 Å². The number of carbonyl (C=O) groups is 3. The first-order valence-electron chi connectivity index (χ1n) is 8.67. The Bertz CT molecular complexity index is 858. The van der Waals surface area contributed by atoms with Crippen LogP contribution in [0.1, 0.15) is 11.1 Å². The van der Waals surface area contributed by atoms with Crippen LogP contribution in [0.3, 0.4) is 0 Å². The quantitative estimate of drug-likeness (QED) is 0.607. The molecule has 0 aliphatic heterocycles. The Hall–Kier alpha value is -2.87. The van der Waals surface area contributed by atoms with Crippen LogP contribution in [0.15, 0.2) is 53.0 Å². The largest absolute Gasteiger partial charge is 0.352 e. The molecular formula is C20H23BrN4O3. The molecule has 4 amide bonds. The number of nitrogens with one attached hydrogen (secondary N) is 2. The Morgan fingerprint density at radius 2 is 1.82 bits per heavy atom. The number of carbonyl (C=O) groups excluding carboxylic acids is 3. The third-order valence-corrected chi connectivity index (χ3v) is 4.61. The first kappa shape index (κ1) is 21.4. The Morgan fingerprint density at radius 1 is 1.14 bits per heavy atom. The molecule has 0 spiro atoms. The molecule has 148 valence electrons. The molecule has 0 saturated carbocycles. The van der Waals surface area contributed by atoms with E-state index in [0.29, 0.717) is 5.69 Å². The van der Waals surface area contributed by atoms with Crippen LogP contribution >= 0.6 is 15.9 Å². The highest BCUT2D eigenvalue weighted by atomic mass is 79.9. The van der Waals surface area contributed by atoms with Gasteiger partial charge < -0.3 is 21.3 Å². The lowest BCUT2D eigenvalue weighted by atomic mass is 10.0. The van der Waals surface area contributed by atoms with Crippen molar-refractivity contribution in [2.24, 2.45) is 5.73 Å². The zero-order chi connectivity index (χ0) is 20.7. The maximum Gasteiger partial charge on any atom is 0.312 e. The number of likely N-dealkylation sites (N-methyl/N-ethyl adjacent to an activating group) is 1. The van der Waals surface area contributed by atoms with E-state index < -0.39 is 18.0 Å². The minimum absolute atomic E-state index is 0.153. The number of anilines is 1. The summed E-state index contributed by atoms with van der Waals surface area (Å²) in [5.74, 6) is -0.732. The molecule has 2 rings (SSSR count). The second-order valence-electron chi connectivity index (χ2n) is 6.45. The van der Waals surface area contributed by atoms with Crippen molar-refractivity contribution < 1.29 is 14.4 Å². The van der Waals surface area contributed by atoms with Crippen LogP contribution in [0.4, 0.5) is 10.5 Å². The molecule has 0 heterocycles. The number of nitrogens with zero attached hydrogens (tertiary/aromatic N) is 1. The van der Waals surface area contributed by atoms with E-state index in [0.717, 1.165) is 15.6 Å². The fourth-order valence-corrected chi connectivity index (χ4v) is 3.21. The van der Waals surface area contributed by atoms with Gasteiger partial charge in [0.1, 0.15) is 6.04 Å². The molecule has 1 unspecified atom stereocenters. The molecule has 0 fully saturated rings. The van der Waals surface area contributed by atoms with E-state index >= 15 is 0 Å². The molecule has 4 N–H and O–H groups in total. The van der Waals surface area contributed by atoms with E-state index in [1.165, 1.54) is 11.9 Å². The molecule has 1 atom stereocenters. The lowest BCUT2D eigenvalue weighted by Crippen LogP contribution is -2.51. The summed E-state index contributed by atoms with van der Waals surface area (Å²) in [6, 6.07) is 13.1. The number of urea groups is 1. The summed E-state index contributed by atoms with van der Waals surface area (Å²) in [6.45, 7) is 1.72. The fourth-order valence-electron chi connectivity index (χ4n) is 2.74. The van der Waals surface area contributed by atoms with Crippen molar-refractivity contribution in [2.45, 2.75) is 19.4 Å². The van der Waals surface area contributed by atoms with Gasteiger partial charge in [-0.15, -0.1) is 0 Å². The third-order valence-electron chi connectivity index (χ3n) is 4.12. The van der Waals surface area contributed by atoms with Gasteiger partial charge in [-0.3, -0.25) is 9.59 Å². The molecule has 2 aromatic carbocycles. The van der Waals surface area contributed by atoms with Gasteiger partial charge in [-0.2, -0.15) is 0 Å². The molecule has 2 aromatic rings. The predicted molar refractivity (Wildman–Crippen MR) is 112 cm³/mol. The summed E-state index contributed by atoms with van der Waals surface area (Å²) in [5.41, 5.74) is 7.66. The third kappa shape index (κ3) is 6.38. The average molecular weight is 447 g/mol. The van der Waals surface area contributed by atoms with Crippen LogP contribution in [-0.4, -0.2) is 42.4 Å². The van der Waals surface area contributed by atoms with Crippen LogP contribution in [0.5, 0.6) is 0 Å². The molecule has 0 radical (unpaired) electrons. The zero-order valence-electron chi connectivity index (χ0n) is 15.7. The molecule has 28 heavy (non-hydrogen) atoms. The van der Waals surface area contributed by atoms with Crippen molar-refractivity contribution in [3.8, 4) is 0 Å². The van der Waals surface area contributed by atoms with E-state index in [4.69, 9.17) is 5.73 Å². The Kier molecular flexibility index (Phi) is 7.57. The van der Waals surface area contributed by atoms with Crippen molar-refractivity contribution in [3.63, 3.8) is 0 Å². The van der Waals surface area contributed by atoms with Crippen molar-refractivity contribution >= 4 is 39.5 Å². The molecule has 0 aromatic heterocycles. The lowest BCUT2D eigenvalue weighted by molar-refractivity contribution is -0.134. The summed E-state index contributed by atoms with van der Waals surface area (Å²) >= 11 is 3.37. The SMILES string of the molecule is Cc1cc(Br)ccc1NC(=O)CN(C)C(=O)C(Cc1ccccc1)NC(N)=O. The number of hydrogen-bond donors (Lipinski definition) is 3. The smallest absolute Gasteiger partial charge is 0.312 e. The summed E-state index contributed by atoms with van der Waals surface area (Å²) in [5, 5.41) is 5.24. The number of hydrogen-bond acceptors (Lipinski definition) is 3. The summed E-state index contributed by atoms with van der Waals surface area (Å²) in [6.07, 6.45) is 0.278. The molecule has 8 heteroatoms. The molecule has 7 nitrogen and oxygen atoms in total. The van der Waals surface area contributed by atoms with Gasteiger partial charge in [-0.05, 0) is 36.2 Å². The van der Waals surface area contributed by atoms with Crippen LogP contribution in [0.25, 0.3) is 0 Å². The number of primary amides is 1. The van der Waals surface area contributed by atoms with Crippen LogP contribution in [0, 0.1) is 6.92 Å². The lowest BCUT2D eigenvalue weighted by Gasteiger charge is -2.24. The first-order valence-corrected chi connectivity index (χ1v) is 9.46. The predicted octanol–water partition coefficient (Wildman–Crippen LogP) is 2.43. The standard InChI is InChI=1S/C20H23BrN4O3/c1-13-10-15(21)8-9-16(13)23-18(26)12-25(2)19(27)17(24-20(22)28)11-14-6-4-3-5-7-14/h3-10,17H,11-12H2,1-2H3,(H,23,26)(H3,22,24,28). The number of rotatable bonds is 7. The van der Waals surface area contributed by atoms with Crippen LogP contribution in [0.2, 0.25) is 0 Å². The van der Waals surface area contributed by atoms with Gasteiger partial charge in [0.2, 0.25) is 11.8 Å². The fraction of sp³-hybridized carbons (Fsp3) is 0.250.